The van der Waals surface area contributed by atoms with Crippen LogP contribution in [0.1, 0.15) is 12.5 Å². The third-order valence-corrected chi connectivity index (χ3v) is 6.14. The fraction of sp³-hybridized carbons (Fsp3) is 0.136. The summed E-state index contributed by atoms with van der Waals surface area (Å²) in [5, 5.41) is 25.8. The van der Waals surface area contributed by atoms with Crippen molar-refractivity contribution in [2.75, 3.05) is 24.4 Å². The van der Waals surface area contributed by atoms with E-state index in [1.807, 2.05) is 0 Å². The molecule has 3 rings (SSSR count). The summed E-state index contributed by atoms with van der Waals surface area (Å²) in [6.45, 7) is 1.60. The summed E-state index contributed by atoms with van der Waals surface area (Å²) in [7, 11) is -1.15. The third-order valence-electron chi connectivity index (χ3n) is 4.76. The van der Waals surface area contributed by atoms with E-state index in [0.29, 0.717) is 22.8 Å². The van der Waals surface area contributed by atoms with E-state index in [1.165, 1.54) is 44.6 Å². The van der Waals surface area contributed by atoms with Gasteiger partial charge in [0.05, 0.1) is 29.8 Å². The highest BCUT2D eigenvalue weighted by Gasteiger charge is 2.22. The van der Waals surface area contributed by atoms with Crippen LogP contribution in [-0.2, 0) is 10.0 Å². The Morgan fingerprint density at radius 3 is 2.24 bits per heavy atom. The summed E-state index contributed by atoms with van der Waals surface area (Å²) < 4.78 is 37.9. The first-order valence-corrected chi connectivity index (χ1v) is 11.3. The molecule has 11 nitrogen and oxygen atoms in total. The molecule has 178 valence electrons. The Kier molecular flexibility index (Phi) is 7.21. The maximum absolute atomic E-state index is 12.7. The van der Waals surface area contributed by atoms with Gasteiger partial charge >= 0.3 is 0 Å². The van der Waals surface area contributed by atoms with E-state index < -0.39 is 20.6 Å². The highest BCUT2D eigenvalue weighted by Crippen LogP contribution is 2.30. The Hall–Kier alpha value is -4.32. The number of methoxy groups -OCH3 is 2. The van der Waals surface area contributed by atoms with Crippen LogP contribution in [-0.4, -0.2) is 38.4 Å². The van der Waals surface area contributed by atoms with Crippen molar-refractivity contribution in [2.45, 2.75) is 11.8 Å². The maximum atomic E-state index is 12.7. The zero-order chi connectivity index (χ0) is 24.9. The van der Waals surface area contributed by atoms with Gasteiger partial charge in [0.15, 0.2) is 0 Å². The Bertz CT molecular complexity index is 1340. The summed E-state index contributed by atoms with van der Waals surface area (Å²) in [5.41, 5.74) is 3.04. The number of ether oxygens (including phenoxy) is 2. The molecule has 0 spiro atoms. The predicted octanol–water partition coefficient (Wildman–Crippen LogP) is 3.95. The molecule has 0 amide bonds. The monoisotopic (exact) mass is 486 g/mol. The number of nitro benzene ring substituents is 1. The normalized spacial score (nSPS) is 11.6. The van der Waals surface area contributed by atoms with Crippen LogP contribution in [0.5, 0.6) is 17.2 Å². The van der Waals surface area contributed by atoms with Gasteiger partial charge in [0.25, 0.3) is 15.7 Å². The molecular weight excluding hydrogens is 464 g/mol. The molecule has 0 bridgehead atoms. The van der Waals surface area contributed by atoms with Crippen LogP contribution in [0, 0.1) is 10.1 Å². The molecule has 0 aromatic heterocycles. The SMILES string of the molecule is COc1ccc(NS(=O)(=O)c2ccc(N/N=C(\C)c3ccc(OC)cc3O)c([N+](=O)[O-])c2)cc1. The molecule has 0 fully saturated rings. The molecular formula is C22H22N4O7S. The summed E-state index contributed by atoms with van der Waals surface area (Å²) in [4.78, 5) is 10.6. The van der Waals surface area contributed by atoms with E-state index in [4.69, 9.17) is 9.47 Å². The van der Waals surface area contributed by atoms with E-state index in [9.17, 15) is 23.6 Å². The summed E-state index contributed by atoms with van der Waals surface area (Å²) in [5.74, 6) is 0.925. The van der Waals surface area contributed by atoms with Gasteiger partial charge in [0.2, 0.25) is 0 Å². The Morgan fingerprint density at radius 1 is 1.00 bits per heavy atom. The molecule has 0 aliphatic carbocycles. The lowest BCUT2D eigenvalue weighted by molar-refractivity contribution is -0.384. The summed E-state index contributed by atoms with van der Waals surface area (Å²) in [6.07, 6.45) is 0. The molecule has 3 N–H and O–H groups in total. The van der Waals surface area contributed by atoms with E-state index in [-0.39, 0.29) is 22.0 Å². The van der Waals surface area contributed by atoms with E-state index in [0.717, 1.165) is 6.07 Å². The lowest BCUT2D eigenvalue weighted by Crippen LogP contribution is -2.13. The molecule has 0 heterocycles. The Labute approximate surface area is 195 Å². The zero-order valence-corrected chi connectivity index (χ0v) is 19.3. The molecule has 3 aromatic carbocycles. The number of benzene rings is 3. The van der Waals surface area contributed by atoms with E-state index >= 15 is 0 Å². The number of nitrogens with one attached hydrogen (secondary N) is 2. The highest BCUT2D eigenvalue weighted by atomic mass is 32.2. The molecule has 3 aromatic rings. The minimum Gasteiger partial charge on any atom is -0.507 e. The fourth-order valence-corrected chi connectivity index (χ4v) is 4.02. The number of nitro groups is 1. The van der Waals surface area contributed by atoms with Gasteiger partial charge in [-0.2, -0.15) is 5.10 Å². The van der Waals surface area contributed by atoms with Crippen LogP contribution in [0.3, 0.4) is 0 Å². The van der Waals surface area contributed by atoms with Crippen molar-refractivity contribution in [2.24, 2.45) is 5.10 Å². The summed E-state index contributed by atoms with van der Waals surface area (Å²) in [6, 6.07) is 14.2. The topological polar surface area (TPSA) is 152 Å². The van der Waals surface area contributed by atoms with Gasteiger partial charge < -0.3 is 14.6 Å². The average molecular weight is 487 g/mol. The largest absolute Gasteiger partial charge is 0.507 e. The number of sulfonamides is 1. The molecule has 0 saturated heterocycles. The lowest BCUT2D eigenvalue weighted by atomic mass is 10.1. The lowest BCUT2D eigenvalue weighted by Gasteiger charge is -2.10. The van der Waals surface area contributed by atoms with Gasteiger partial charge in [-0.25, -0.2) is 8.42 Å². The van der Waals surface area contributed by atoms with Gasteiger partial charge in [0, 0.05) is 23.4 Å². The Balaban J connectivity index is 1.86. The zero-order valence-electron chi connectivity index (χ0n) is 18.5. The van der Waals surface area contributed by atoms with Crippen LogP contribution < -0.4 is 19.6 Å². The molecule has 0 aliphatic heterocycles. The minimum atomic E-state index is -4.10. The van der Waals surface area contributed by atoms with Crippen LogP contribution in [0.4, 0.5) is 17.1 Å². The van der Waals surface area contributed by atoms with Crippen molar-refractivity contribution in [3.8, 4) is 17.2 Å². The summed E-state index contributed by atoms with van der Waals surface area (Å²) >= 11 is 0. The minimum absolute atomic E-state index is 0.0271. The number of aromatic hydroxyl groups is 1. The van der Waals surface area contributed by atoms with Crippen LogP contribution in [0.15, 0.2) is 70.7 Å². The number of anilines is 2. The number of phenolic OH excluding ortho intramolecular Hbond substituents is 1. The van der Waals surface area contributed by atoms with Crippen LogP contribution in [0.2, 0.25) is 0 Å². The highest BCUT2D eigenvalue weighted by molar-refractivity contribution is 7.92. The second-order valence-corrected chi connectivity index (χ2v) is 8.64. The molecule has 12 heteroatoms. The maximum Gasteiger partial charge on any atom is 0.295 e. The number of hydrogen-bond acceptors (Lipinski definition) is 9. The first-order chi connectivity index (χ1) is 16.1. The molecule has 0 atom stereocenters. The van der Waals surface area contributed by atoms with Gasteiger partial charge in [-0.15, -0.1) is 0 Å². The van der Waals surface area contributed by atoms with Crippen LogP contribution >= 0.6 is 0 Å². The van der Waals surface area contributed by atoms with E-state index in [2.05, 4.69) is 15.2 Å². The third kappa shape index (κ3) is 5.53. The number of rotatable bonds is 9. The molecule has 0 unspecified atom stereocenters. The van der Waals surface area contributed by atoms with Crippen molar-refractivity contribution in [3.63, 3.8) is 0 Å². The van der Waals surface area contributed by atoms with Crippen molar-refractivity contribution >= 4 is 32.8 Å². The first kappa shape index (κ1) is 24.3. The number of nitrogens with zero attached hydrogens (tertiary/aromatic N) is 2. The quantitative estimate of drug-likeness (QED) is 0.233. The van der Waals surface area contributed by atoms with Crippen molar-refractivity contribution in [3.05, 3.63) is 76.3 Å². The number of hydrogen-bond donors (Lipinski definition) is 3. The fourth-order valence-electron chi connectivity index (χ4n) is 2.95. The van der Waals surface area contributed by atoms with Gasteiger partial charge in [-0.05, 0) is 55.5 Å². The van der Waals surface area contributed by atoms with Crippen LogP contribution in [0.25, 0.3) is 0 Å². The number of phenols is 1. The average Bonchev–Trinajstić information content (AvgIpc) is 2.82. The second kappa shape index (κ2) is 10.1. The van der Waals surface area contributed by atoms with Gasteiger partial charge in [-0.1, -0.05) is 0 Å². The molecule has 0 saturated carbocycles. The molecule has 0 radical (unpaired) electrons. The van der Waals surface area contributed by atoms with E-state index in [1.54, 1.807) is 31.2 Å². The molecule has 0 aliphatic rings. The predicted molar refractivity (Wildman–Crippen MR) is 127 cm³/mol. The van der Waals surface area contributed by atoms with Crippen molar-refractivity contribution in [1.82, 2.24) is 0 Å². The smallest absolute Gasteiger partial charge is 0.295 e. The first-order valence-electron chi connectivity index (χ1n) is 9.77. The van der Waals surface area contributed by atoms with Crippen molar-refractivity contribution in [1.29, 1.82) is 0 Å². The van der Waals surface area contributed by atoms with Gasteiger partial charge in [0.1, 0.15) is 22.9 Å². The standard InChI is InChI=1S/C22H22N4O7S/c1-14(19-10-8-17(33-3)12-22(19)27)23-24-20-11-9-18(13-21(20)26(28)29)34(30,31)25-15-4-6-16(32-2)7-5-15/h4-13,24-25,27H,1-3H3/b23-14+. The van der Waals surface area contributed by atoms with Crippen molar-refractivity contribution < 1.29 is 27.9 Å². The Morgan fingerprint density at radius 2 is 1.65 bits per heavy atom. The molecule has 34 heavy (non-hydrogen) atoms. The number of hydrazone groups is 1. The second-order valence-electron chi connectivity index (χ2n) is 6.96. The van der Waals surface area contributed by atoms with Gasteiger partial charge in [-0.3, -0.25) is 20.3 Å².